The molecule has 0 spiro atoms. The SMILES string of the molecule is Cn1cc(CNCCCS(C)=O)c(=O)n(C)c1=O. The Balaban J connectivity index is 2.61. The number of rotatable bonds is 6. The summed E-state index contributed by atoms with van der Waals surface area (Å²) in [5.74, 6) is 0.651. The highest BCUT2D eigenvalue weighted by Crippen LogP contribution is 1.88. The monoisotopic (exact) mass is 273 g/mol. The molecular weight excluding hydrogens is 254 g/mol. The molecule has 7 heteroatoms. The quantitative estimate of drug-likeness (QED) is 0.671. The zero-order valence-corrected chi connectivity index (χ0v) is 11.7. The second kappa shape index (κ2) is 6.65. The van der Waals surface area contributed by atoms with Crippen molar-refractivity contribution in [2.24, 2.45) is 14.1 Å². The molecule has 0 saturated carbocycles. The minimum absolute atomic E-state index is 0.273. The third-order valence-corrected chi connectivity index (χ3v) is 3.48. The first kappa shape index (κ1) is 14.8. The van der Waals surface area contributed by atoms with Crippen LogP contribution in [0.4, 0.5) is 0 Å². The maximum Gasteiger partial charge on any atom is 0.330 e. The van der Waals surface area contributed by atoms with Crippen molar-refractivity contribution in [2.45, 2.75) is 13.0 Å². The molecule has 0 fully saturated rings. The van der Waals surface area contributed by atoms with Crippen molar-refractivity contribution in [2.75, 3.05) is 18.6 Å². The molecule has 0 aliphatic carbocycles. The predicted octanol–water partition coefficient (Wildman–Crippen LogP) is -1.06. The highest BCUT2D eigenvalue weighted by molar-refractivity contribution is 7.84. The van der Waals surface area contributed by atoms with Gasteiger partial charge in [0.2, 0.25) is 0 Å². The minimum Gasteiger partial charge on any atom is -0.312 e. The van der Waals surface area contributed by atoms with Crippen LogP contribution in [0.1, 0.15) is 12.0 Å². The Labute approximate surface area is 108 Å². The molecular formula is C11H19N3O3S. The van der Waals surface area contributed by atoms with Gasteiger partial charge in [0, 0.05) is 55.2 Å². The van der Waals surface area contributed by atoms with Crippen LogP contribution in [-0.2, 0) is 31.4 Å². The van der Waals surface area contributed by atoms with E-state index in [9.17, 15) is 13.8 Å². The summed E-state index contributed by atoms with van der Waals surface area (Å²) < 4.78 is 13.3. The van der Waals surface area contributed by atoms with Crippen molar-refractivity contribution >= 4 is 10.8 Å². The van der Waals surface area contributed by atoms with E-state index in [2.05, 4.69) is 5.32 Å². The van der Waals surface area contributed by atoms with Gasteiger partial charge in [-0.2, -0.15) is 0 Å². The topological polar surface area (TPSA) is 73.1 Å². The van der Waals surface area contributed by atoms with E-state index in [-0.39, 0.29) is 11.2 Å². The summed E-state index contributed by atoms with van der Waals surface area (Å²) in [5.41, 5.74) is -0.0491. The van der Waals surface area contributed by atoms with Crippen molar-refractivity contribution in [1.82, 2.24) is 14.5 Å². The molecule has 0 bridgehead atoms. The largest absolute Gasteiger partial charge is 0.330 e. The van der Waals surface area contributed by atoms with Gasteiger partial charge in [0.25, 0.3) is 5.56 Å². The first-order valence-electron chi connectivity index (χ1n) is 5.69. The van der Waals surface area contributed by atoms with Gasteiger partial charge in [-0.25, -0.2) is 4.79 Å². The molecule has 1 unspecified atom stereocenters. The van der Waals surface area contributed by atoms with Crippen LogP contribution in [0.5, 0.6) is 0 Å². The fourth-order valence-electron chi connectivity index (χ4n) is 1.63. The van der Waals surface area contributed by atoms with Crippen molar-refractivity contribution in [1.29, 1.82) is 0 Å². The first-order valence-corrected chi connectivity index (χ1v) is 7.42. The van der Waals surface area contributed by atoms with E-state index < -0.39 is 10.8 Å². The van der Waals surface area contributed by atoms with Crippen molar-refractivity contribution in [3.63, 3.8) is 0 Å². The van der Waals surface area contributed by atoms with Crippen LogP contribution in [0.15, 0.2) is 15.8 Å². The zero-order chi connectivity index (χ0) is 13.7. The van der Waals surface area contributed by atoms with Crippen LogP contribution in [0.2, 0.25) is 0 Å². The van der Waals surface area contributed by atoms with E-state index in [1.807, 2.05) is 0 Å². The van der Waals surface area contributed by atoms with Gasteiger partial charge in [-0.05, 0) is 13.0 Å². The Hall–Kier alpha value is -1.21. The lowest BCUT2D eigenvalue weighted by Gasteiger charge is -2.07. The normalized spacial score (nSPS) is 12.6. The van der Waals surface area contributed by atoms with Crippen LogP contribution in [-0.4, -0.2) is 31.9 Å². The number of hydrogen-bond donors (Lipinski definition) is 1. The molecule has 6 nitrogen and oxygen atoms in total. The molecule has 0 saturated heterocycles. The van der Waals surface area contributed by atoms with Gasteiger partial charge < -0.3 is 9.88 Å². The number of nitrogens with zero attached hydrogens (tertiary/aromatic N) is 2. The molecule has 1 rings (SSSR count). The Kier molecular flexibility index (Phi) is 5.49. The fourth-order valence-corrected chi connectivity index (χ4v) is 2.18. The fraction of sp³-hybridized carbons (Fsp3) is 0.636. The van der Waals surface area contributed by atoms with Crippen LogP contribution in [0.3, 0.4) is 0 Å². The third kappa shape index (κ3) is 3.92. The van der Waals surface area contributed by atoms with Crippen molar-refractivity contribution in [3.05, 3.63) is 32.6 Å². The lowest BCUT2D eigenvalue weighted by Crippen LogP contribution is -2.39. The zero-order valence-electron chi connectivity index (χ0n) is 10.9. The van der Waals surface area contributed by atoms with Crippen molar-refractivity contribution < 1.29 is 4.21 Å². The molecule has 0 aromatic carbocycles. The predicted molar refractivity (Wildman–Crippen MR) is 72.2 cm³/mol. The molecule has 1 aromatic rings. The van der Waals surface area contributed by atoms with E-state index in [1.54, 1.807) is 19.5 Å². The molecule has 1 aromatic heterocycles. The van der Waals surface area contributed by atoms with Crippen LogP contribution in [0.25, 0.3) is 0 Å². The van der Waals surface area contributed by atoms with Crippen LogP contribution >= 0.6 is 0 Å². The van der Waals surface area contributed by atoms with E-state index in [0.717, 1.165) is 11.0 Å². The molecule has 0 aliphatic rings. The highest BCUT2D eigenvalue weighted by atomic mass is 32.2. The average molecular weight is 273 g/mol. The van der Waals surface area contributed by atoms with Gasteiger partial charge in [-0.1, -0.05) is 0 Å². The molecule has 1 atom stereocenters. The van der Waals surface area contributed by atoms with Gasteiger partial charge in [0.05, 0.1) is 0 Å². The summed E-state index contributed by atoms with van der Waals surface area (Å²) >= 11 is 0. The summed E-state index contributed by atoms with van der Waals surface area (Å²) in [7, 11) is 2.30. The lowest BCUT2D eigenvalue weighted by atomic mass is 10.3. The second-order valence-corrected chi connectivity index (χ2v) is 5.77. The Morgan fingerprint density at radius 2 is 2.00 bits per heavy atom. The maximum absolute atomic E-state index is 11.8. The molecule has 0 amide bonds. The second-order valence-electron chi connectivity index (χ2n) is 4.22. The molecule has 1 heterocycles. The molecule has 102 valence electrons. The summed E-state index contributed by atoms with van der Waals surface area (Å²) in [4.78, 5) is 23.2. The number of aromatic nitrogens is 2. The molecule has 18 heavy (non-hydrogen) atoms. The van der Waals surface area contributed by atoms with E-state index in [1.165, 1.54) is 11.6 Å². The Morgan fingerprint density at radius 1 is 1.33 bits per heavy atom. The van der Waals surface area contributed by atoms with Gasteiger partial charge >= 0.3 is 5.69 Å². The average Bonchev–Trinajstić information content (AvgIpc) is 2.32. The standard InChI is InChI=1S/C11H19N3O3S/c1-13-8-9(10(15)14(2)11(13)16)7-12-5-4-6-18(3)17/h8,12H,4-7H2,1-3H3. The number of hydrogen-bond acceptors (Lipinski definition) is 4. The van der Waals surface area contributed by atoms with Gasteiger partial charge in [-0.3, -0.25) is 13.6 Å². The van der Waals surface area contributed by atoms with E-state index >= 15 is 0 Å². The smallest absolute Gasteiger partial charge is 0.312 e. The van der Waals surface area contributed by atoms with Crippen LogP contribution in [0, 0.1) is 0 Å². The van der Waals surface area contributed by atoms with E-state index in [4.69, 9.17) is 0 Å². The number of nitrogens with one attached hydrogen (secondary N) is 1. The van der Waals surface area contributed by atoms with Crippen LogP contribution < -0.4 is 16.6 Å². The maximum atomic E-state index is 11.8. The summed E-state index contributed by atoms with van der Waals surface area (Å²) in [6, 6.07) is 0. The van der Waals surface area contributed by atoms with Gasteiger partial charge in [0.1, 0.15) is 0 Å². The molecule has 0 aliphatic heterocycles. The first-order chi connectivity index (χ1) is 8.43. The van der Waals surface area contributed by atoms with E-state index in [0.29, 0.717) is 24.4 Å². The summed E-state index contributed by atoms with van der Waals surface area (Å²) in [5, 5.41) is 3.11. The van der Waals surface area contributed by atoms with Gasteiger partial charge in [0.15, 0.2) is 0 Å². The molecule has 1 N–H and O–H groups in total. The van der Waals surface area contributed by atoms with Gasteiger partial charge in [-0.15, -0.1) is 0 Å². The minimum atomic E-state index is -0.780. The summed E-state index contributed by atoms with van der Waals surface area (Å²) in [6.07, 6.45) is 4.02. The number of aryl methyl sites for hydroxylation is 1. The Bertz CT molecular complexity index is 547. The lowest BCUT2D eigenvalue weighted by molar-refractivity contribution is 0.624. The third-order valence-electron chi connectivity index (χ3n) is 2.62. The molecule has 0 radical (unpaired) electrons. The van der Waals surface area contributed by atoms with Crippen molar-refractivity contribution in [3.8, 4) is 0 Å². The Morgan fingerprint density at radius 3 is 2.61 bits per heavy atom. The highest BCUT2D eigenvalue weighted by Gasteiger charge is 2.05. The summed E-state index contributed by atoms with van der Waals surface area (Å²) in [6.45, 7) is 1.11.